The molecule has 0 bridgehead atoms. The second-order valence-corrected chi connectivity index (χ2v) is 13.6. The number of allylic oxidation sites excluding steroid dienone is 2. The van der Waals surface area contributed by atoms with Gasteiger partial charge in [0.25, 0.3) is 5.91 Å². The second-order valence-electron chi connectivity index (χ2n) is 12.2. The second kappa shape index (κ2) is 12.6. The van der Waals surface area contributed by atoms with Gasteiger partial charge in [0.1, 0.15) is 0 Å². The number of hydrogen-bond donors (Lipinski definition) is 6. The van der Waals surface area contributed by atoms with Gasteiger partial charge in [0, 0.05) is 53.2 Å². The molecule has 2 fully saturated rings. The third-order valence-corrected chi connectivity index (χ3v) is 10.5. The summed E-state index contributed by atoms with van der Waals surface area (Å²) in [6.07, 6.45) is 6.66. The monoisotopic (exact) mass is 621 g/mol. The van der Waals surface area contributed by atoms with Crippen molar-refractivity contribution in [1.82, 2.24) is 20.9 Å². The van der Waals surface area contributed by atoms with Gasteiger partial charge in [-0.3, -0.25) is 19.2 Å². The number of carbonyl (C=O) groups excluding carboxylic acids is 2. The molecule has 5 atom stereocenters. The van der Waals surface area contributed by atoms with Crippen molar-refractivity contribution in [1.29, 1.82) is 0 Å². The lowest BCUT2D eigenvalue weighted by atomic mass is 9.91. The van der Waals surface area contributed by atoms with Gasteiger partial charge in [-0.05, 0) is 91.8 Å². The van der Waals surface area contributed by atoms with Crippen LogP contribution in [0.15, 0.2) is 46.3 Å². The number of carbonyl (C=O) groups is 4. The number of carboxylic acid groups (broad SMARTS) is 2. The van der Waals surface area contributed by atoms with E-state index < -0.39 is 11.9 Å². The van der Waals surface area contributed by atoms with Crippen molar-refractivity contribution in [3.63, 3.8) is 0 Å². The molecule has 4 aliphatic heterocycles. The number of thiol groups is 1. The van der Waals surface area contributed by atoms with Gasteiger partial charge in [-0.15, -0.1) is 0 Å². The summed E-state index contributed by atoms with van der Waals surface area (Å²) in [7, 11) is 0. The SMILES string of the molecule is C=CC1=C(C)[C@@H](CC2N/C(=C\c3[nH]c(/C=C4\NC(=O)[C@H](C)[C@H]4[C@@H]4C[SH+]4)c(C)c3CCC(=O)O)C(CCC(=O)O)=C2C)NC1=O. The van der Waals surface area contributed by atoms with Crippen LogP contribution >= 0.6 is 0 Å². The Balaban J connectivity index is 1.51. The minimum atomic E-state index is -0.897. The zero-order valence-corrected chi connectivity index (χ0v) is 26.4. The van der Waals surface area contributed by atoms with Gasteiger partial charge in [-0.25, -0.2) is 0 Å². The highest BCUT2D eigenvalue weighted by molar-refractivity contribution is 7.86. The van der Waals surface area contributed by atoms with Crippen LogP contribution in [0, 0.1) is 18.8 Å². The van der Waals surface area contributed by atoms with Gasteiger partial charge < -0.3 is 31.1 Å². The number of nitrogens with one attached hydrogen (secondary N) is 4. The highest BCUT2D eigenvalue weighted by Gasteiger charge is 2.52. The lowest BCUT2D eigenvalue weighted by Gasteiger charge is -2.20. The fourth-order valence-corrected chi connectivity index (χ4v) is 7.70. The number of H-pyrrole nitrogens is 1. The topological polar surface area (TPSA) is 161 Å². The number of aromatic nitrogens is 1. The molecule has 44 heavy (non-hydrogen) atoms. The Hall–Kier alpha value is -3.99. The highest BCUT2D eigenvalue weighted by atomic mass is 32.2. The molecule has 2 saturated heterocycles. The van der Waals surface area contributed by atoms with Crippen LogP contribution in [0.2, 0.25) is 0 Å². The van der Waals surface area contributed by atoms with E-state index in [9.17, 15) is 29.4 Å². The lowest BCUT2D eigenvalue weighted by molar-refractivity contribution is -0.138. The Labute approximate surface area is 261 Å². The Morgan fingerprint density at radius 1 is 0.977 bits per heavy atom. The van der Waals surface area contributed by atoms with E-state index in [1.807, 2.05) is 39.8 Å². The van der Waals surface area contributed by atoms with Crippen LogP contribution in [0.3, 0.4) is 0 Å². The summed E-state index contributed by atoms with van der Waals surface area (Å²) in [5.74, 6) is -0.793. The predicted octanol–water partition coefficient (Wildman–Crippen LogP) is 3.15. The standard InChI is InChI=1S/C33H40N4O6S/c1-6-19-15(2)24(36-33(19)43)11-22-16(3)20(7-9-29(38)39)25(34-22)13-26-21(8-10-30(40)41)17(4)23(35-26)12-27-31(28-14-44-28)18(5)32(42)37-27/h6,12-13,18,22,24,28,31,34-35H,1,7-11,14H2,2-5H3,(H,36,43)(H,37,42)(H,38,39)(H,40,41)/p+1/b25-13-,27-12-/t18-,22?,24-,28+,31-/m1/s1. The van der Waals surface area contributed by atoms with E-state index in [2.05, 4.69) is 27.5 Å². The van der Waals surface area contributed by atoms with E-state index in [0.29, 0.717) is 30.1 Å². The highest BCUT2D eigenvalue weighted by Crippen LogP contribution is 2.39. The van der Waals surface area contributed by atoms with Crippen molar-refractivity contribution in [2.45, 2.75) is 77.1 Å². The van der Waals surface area contributed by atoms with Crippen molar-refractivity contribution in [3.8, 4) is 0 Å². The van der Waals surface area contributed by atoms with Gasteiger partial charge >= 0.3 is 11.9 Å². The third-order valence-electron chi connectivity index (χ3n) is 9.43. The summed E-state index contributed by atoms with van der Waals surface area (Å²) in [4.78, 5) is 51.6. The van der Waals surface area contributed by atoms with E-state index in [1.54, 1.807) is 6.08 Å². The Morgan fingerprint density at radius 3 is 2.25 bits per heavy atom. The predicted molar refractivity (Wildman–Crippen MR) is 172 cm³/mol. The van der Waals surface area contributed by atoms with Gasteiger partial charge in [0.2, 0.25) is 5.91 Å². The lowest BCUT2D eigenvalue weighted by Crippen LogP contribution is -2.36. The molecule has 234 valence electrons. The number of amides is 2. The molecule has 0 spiro atoms. The van der Waals surface area contributed by atoms with E-state index in [1.165, 1.54) is 11.8 Å². The summed E-state index contributed by atoms with van der Waals surface area (Å²) in [5, 5.41) is 29.1. The summed E-state index contributed by atoms with van der Waals surface area (Å²) in [5.41, 5.74) is 8.43. The van der Waals surface area contributed by atoms with Crippen LogP contribution < -0.4 is 16.0 Å². The summed E-state index contributed by atoms with van der Waals surface area (Å²) in [6.45, 7) is 11.6. The molecule has 1 aromatic rings. The van der Waals surface area contributed by atoms with E-state index in [-0.39, 0.29) is 48.6 Å². The first-order valence-corrected chi connectivity index (χ1v) is 16.2. The van der Waals surface area contributed by atoms with Gasteiger partial charge in [0.15, 0.2) is 11.0 Å². The molecule has 0 radical (unpaired) electrons. The van der Waals surface area contributed by atoms with E-state index >= 15 is 0 Å². The van der Waals surface area contributed by atoms with E-state index in [0.717, 1.165) is 56.4 Å². The molecular formula is C33H41N4O6S+. The molecule has 6 N–H and O–H groups in total. The number of aliphatic carboxylic acids is 2. The van der Waals surface area contributed by atoms with Gasteiger partial charge in [-0.1, -0.05) is 19.6 Å². The van der Waals surface area contributed by atoms with E-state index in [4.69, 9.17) is 0 Å². The first-order valence-electron chi connectivity index (χ1n) is 15.1. The van der Waals surface area contributed by atoms with Crippen molar-refractivity contribution >= 4 is 47.7 Å². The quantitative estimate of drug-likeness (QED) is 0.119. The summed E-state index contributed by atoms with van der Waals surface area (Å²) >= 11 is 1.36. The summed E-state index contributed by atoms with van der Waals surface area (Å²) < 4.78 is 0. The summed E-state index contributed by atoms with van der Waals surface area (Å²) in [6, 6.07) is -0.314. The van der Waals surface area contributed by atoms with Gasteiger partial charge in [0.05, 0.1) is 12.0 Å². The van der Waals surface area contributed by atoms with Crippen molar-refractivity contribution < 1.29 is 29.4 Å². The largest absolute Gasteiger partial charge is 0.481 e. The van der Waals surface area contributed by atoms with Crippen LogP contribution in [-0.4, -0.2) is 62.0 Å². The number of aromatic amines is 1. The maximum absolute atomic E-state index is 12.6. The number of hydrogen-bond acceptors (Lipinski definition) is 5. The number of carboxylic acids is 2. The molecule has 0 aromatic carbocycles. The average Bonchev–Trinajstić information content (AvgIpc) is 3.53. The molecule has 0 aliphatic carbocycles. The van der Waals surface area contributed by atoms with Crippen LogP contribution in [0.4, 0.5) is 0 Å². The zero-order chi connectivity index (χ0) is 31.9. The maximum atomic E-state index is 12.6. The normalized spacial score (nSPS) is 28.1. The van der Waals surface area contributed by atoms with Crippen molar-refractivity contribution in [2.24, 2.45) is 11.8 Å². The zero-order valence-electron chi connectivity index (χ0n) is 25.5. The first kappa shape index (κ1) is 31.4. The van der Waals surface area contributed by atoms with Crippen LogP contribution in [0.25, 0.3) is 12.2 Å². The molecule has 4 aliphatic rings. The molecule has 1 unspecified atom stereocenters. The molecule has 5 rings (SSSR count). The smallest absolute Gasteiger partial charge is 0.303 e. The minimum Gasteiger partial charge on any atom is -0.481 e. The number of rotatable bonds is 12. The Bertz CT molecular complexity index is 1560. The van der Waals surface area contributed by atoms with Crippen LogP contribution in [-0.2, 0) is 37.4 Å². The van der Waals surface area contributed by atoms with Crippen LogP contribution in [0.1, 0.15) is 69.0 Å². The first-order chi connectivity index (χ1) is 20.9. The molecule has 0 saturated carbocycles. The molecule has 2 amide bonds. The molecule has 5 heterocycles. The Kier molecular flexibility index (Phi) is 8.97. The molecule has 1 aromatic heterocycles. The fraction of sp³-hybridized carbons (Fsp3) is 0.455. The van der Waals surface area contributed by atoms with Gasteiger partial charge in [-0.2, -0.15) is 0 Å². The van der Waals surface area contributed by atoms with Crippen molar-refractivity contribution in [2.75, 3.05) is 5.75 Å². The van der Waals surface area contributed by atoms with Crippen LogP contribution in [0.5, 0.6) is 0 Å². The van der Waals surface area contributed by atoms with Crippen molar-refractivity contribution in [3.05, 3.63) is 68.9 Å². The fourth-order valence-electron chi connectivity index (χ4n) is 6.70. The minimum absolute atomic E-state index is 0.0228. The molecular weight excluding hydrogens is 580 g/mol. The Morgan fingerprint density at radius 2 is 1.64 bits per heavy atom. The molecule has 10 nitrogen and oxygen atoms in total. The maximum Gasteiger partial charge on any atom is 0.303 e. The molecule has 11 heteroatoms. The average molecular weight is 622 g/mol. The third kappa shape index (κ3) is 6.29.